The van der Waals surface area contributed by atoms with Crippen LogP contribution in [0, 0.1) is 0 Å². The van der Waals surface area contributed by atoms with Crippen LogP contribution in [0.3, 0.4) is 0 Å². The van der Waals surface area contributed by atoms with Gasteiger partial charge in [-0.1, -0.05) is 48.5 Å². The number of para-hydroxylation sites is 1. The van der Waals surface area contributed by atoms with Crippen LogP contribution in [0.2, 0.25) is 0 Å². The molecule has 0 unspecified atom stereocenters. The number of allylic oxidation sites excluding steroid dienone is 2. The molecule has 5 nitrogen and oxygen atoms in total. The molecule has 0 bridgehead atoms. The van der Waals surface area contributed by atoms with Gasteiger partial charge in [-0.15, -0.1) is 10.2 Å². The van der Waals surface area contributed by atoms with E-state index in [1.165, 1.54) is 6.34 Å². The van der Waals surface area contributed by atoms with E-state index in [1.54, 1.807) is 0 Å². The Hall–Kier alpha value is -3.05. The molecule has 2 heterocycles. The van der Waals surface area contributed by atoms with E-state index in [9.17, 15) is 5.21 Å². The SMILES string of the molecule is CC1=Nc2ccccc2/C1=C1\C(c2ccccc2)=NN=CN1O. The minimum atomic E-state index is 0.595. The summed E-state index contributed by atoms with van der Waals surface area (Å²) in [5.74, 6) is 0. The average Bonchev–Trinajstić information content (AvgIpc) is 2.91. The molecule has 0 fully saturated rings. The van der Waals surface area contributed by atoms with Crippen molar-refractivity contribution in [1.29, 1.82) is 0 Å². The highest BCUT2D eigenvalue weighted by Crippen LogP contribution is 2.38. The first-order valence-corrected chi connectivity index (χ1v) is 7.30. The molecule has 0 saturated heterocycles. The molecule has 0 radical (unpaired) electrons. The summed E-state index contributed by atoms with van der Waals surface area (Å²) in [5.41, 5.74) is 5.71. The molecule has 23 heavy (non-hydrogen) atoms. The van der Waals surface area contributed by atoms with E-state index in [0.29, 0.717) is 11.4 Å². The number of benzene rings is 2. The van der Waals surface area contributed by atoms with Crippen molar-refractivity contribution in [3.63, 3.8) is 0 Å². The van der Waals surface area contributed by atoms with E-state index in [-0.39, 0.29) is 0 Å². The normalized spacial score (nSPS) is 19.5. The molecular weight excluding hydrogens is 288 g/mol. The van der Waals surface area contributed by atoms with E-state index >= 15 is 0 Å². The molecule has 2 aliphatic rings. The molecule has 0 saturated carbocycles. The summed E-state index contributed by atoms with van der Waals surface area (Å²) < 4.78 is 0. The van der Waals surface area contributed by atoms with Crippen LogP contribution in [-0.4, -0.2) is 28.0 Å². The highest BCUT2D eigenvalue weighted by molar-refractivity contribution is 6.35. The van der Waals surface area contributed by atoms with Crippen LogP contribution in [0.1, 0.15) is 18.1 Å². The maximum Gasteiger partial charge on any atom is 0.144 e. The van der Waals surface area contributed by atoms with Gasteiger partial charge in [-0.2, -0.15) is 0 Å². The quantitative estimate of drug-likeness (QED) is 0.874. The third kappa shape index (κ3) is 2.18. The fourth-order valence-electron chi connectivity index (χ4n) is 2.88. The molecule has 0 spiro atoms. The third-order valence-electron chi connectivity index (χ3n) is 3.88. The molecule has 5 heteroatoms. The zero-order chi connectivity index (χ0) is 15.8. The van der Waals surface area contributed by atoms with Gasteiger partial charge in [0.25, 0.3) is 0 Å². The Kier molecular flexibility index (Phi) is 3.13. The topological polar surface area (TPSA) is 60.5 Å². The summed E-state index contributed by atoms with van der Waals surface area (Å²) >= 11 is 0. The second kappa shape index (κ2) is 5.30. The monoisotopic (exact) mass is 302 g/mol. The number of fused-ring (bicyclic) bond motifs is 1. The first kappa shape index (κ1) is 13.6. The van der Waals surface area contributed by atoms with Crippen molar-refractivity contribution in [2.75, 3.05) is 0 Å². The van der Waals surface area contributed by atoms with Crippen molar-refractivity contribution in [2.24, 2.45) is 15.2 Å². The van der Waals surface area contributed by atoms with Crippen molar-refractivity contribution in [1.82, 2.24) is 5.06 Å². The van der Waals surface area contributed by atoms with E-state index < -0.39 is 0 Å². The smallest absolute Gasteiger partial charge is 0.144 e. The van der Waals surface area contributed by atoms with Crippen molar-refractivity contribution < 1.29 is 5.21 Å². The Bertz CT molecular complexity index is 894. The van der Waals surface area contributed by atoms with Crippen LogP contribution in [0.25, 0.3) is 5.57 Å². The lowest BCUT2D eigenvalue weighted by Crippen LogP contribution is -2.28. The molecule has 0 atom stereocenters. The summed E-state index contributed by atoms with van der Waals surface area (Å²) in [5, 5.41) is 19.6. The number of hydrogen-bond acceptors (Lipinski definition) is 5. The number of hydroxylamine groups is 2. The van der Waals surface area contributed by atoms with E-state index in [0.717, 1.165) is 33.2 Å². The van der Waals surface area contributed by atoms with Gasteiger partial charge in [0.05, 0.1) is 5.69 Å². The Morgan fingerprint density at radius 2 is 1.70 bits per heavy atom. The molecule has 0 aromatic heterocycles. The first-order chi connectivity index (χ1) is 11.3. The molecule has 2 aliphatic heterocycles. The van der Waals surface area contributed by atoms with E-state index in [4.69, 9.17) is 0 Å². The van der Waals surface area contributed by atoms with Crippen LogP contribution < -0.4 is 0 Å². The van der Waals surface area contributed by atoms with E-state index in [2.05, 4.69) is 15.2 Å². The predicted octanol–water partition coefficient (Wildman–Crippen LogP) is 3.64. The number of aliphatic imine (C=N–C) groups is 1. The highest BCUT2D eigenvalue weighted by Gasteiger charge is 2.29. The second-order valence-corrected chi connectivity index (χ2v) is 5.33. The van der Waals surface area contributed by atoms with Gasteiger partial charge in [-0.25, -0.2) is 5.06 Å². The Labute approximate surface area is 133 Å². The fourth-order valence-corrected chi connectivity index (χ4v) is 2.88. The molecule has 1 N–H and O–H groups in total. The number of rotatable bonds is 1. The third-order valence-corrected chi connectivity index (χ3v) is 3.88. The minimum absolute atomic E-state index is 0.595. The summed E-state index contributed by atoms with van der Waals surface area (Å²) in [6.45, 7) is 1.94. The lowest BCUT2D eigenvalue weighted by Gasteiger charge is -2.22. The van der Waals surface area contributed by atoms with Crippen LogP contribution in [0.4, 0.5) is 5.69 Å². The van der Waals surface area contributed by atoms with Crippen molar-refractivity contribution in [3.8, 4) is 0 Å². The molecule has 4 rings (SSSR count). The lowest BCUT2D eigenvalue weighted by molar-refractivity contribution is 0.0355. The van der Waals surface area contributed by atoms with Gasteiger partial charge in [0.2, 0.25) is 0 Å². The van der Waals surface area contributed by atoms with Crippen LogP contribution >= 0.6 is 0 Å². The number of nitrogens with zero attached hydrogens (tertiary/aromatic N) is 4. The fraction of sp³-hybridized carbons (Fsp3) is 0.0556. The first-order valence-electron chi connectivity index (χ1n) is 7.30. The van der Waals surface area contributed by atoms with E-state index in [1.807, 2.05) is 61.5 Å². The maximum absolute atomic E-state index is 10.4. The molecule has 2 aromatic rings. The van der Waals surface area contributed by atoms with Crippen molar-refractivity contribution in [3.05, 3.63) is 71.4 Å². The van der Waals surface area contributed by atoms with Crippen molar-refractivity contribution in [2.45, 2.75) is 6.92 Å². The molecule has 2 aromatic carbocycles. The Morgan fingerprint density at radius 1 is 0.957 bits per heavy atom. The Balaban J connectivity index is 1.97. The molecule has 112 valence electrons. The number of hydrogen-bond donors (Lipinski definition) is 1. The van der Waals surface area contributed by atoms with Crippen LogP contribution in [0.5, 0.6) is 0 Å². The zero-order valence-electron chi connectivity index (χ0n) is 12.5. The minimum Gasteiger partial charge on any atom is -0.282 e. The molecular formula is C18H14N4O. The maximum atomic E-state index is 10.4. The zero-order valence-corrected chi connectivity index (χ0v) is 12.5. The summed E-state index contributed by atoms with van der Waals surface area (Å²) in [6.07, 6.45) is 1.29. The predicted molar refractivity (Wildman–Crippen MR) is 91.2 cm³/mol. The highest BCUT2D eigenvalue weighted by atomic mass is 16.5. The second-order valence-electron chi connectivity index (χ2n) is 5.33. The molecule has 0 aliphatic carbocycles. The molecule has 0 amide bonds. The lowest BCUT2D eigenvalue weighted by atomic mass is 9.96. The van der Waals surface area contributed by atoms with Crippen LogP contribution in [0.15, 0.2) is 75.5 Å². The van der Waals surface area contributed by atoms with Gasteiger partial charge in [0.1, 0.15) is 17.7 Å². The largest absolute Gasteiger partial charge is 0.282 e. The summed E-state index contributed by atoms with van der Waals surface area (Å²) in [7, 11) is 0. The van der Waals surface area contributed by atoms with Gasteiger partial charge in [-0.05, 0) is 13.0 Å². The van der Waals surface area contributed by atoms with Crippen LogP contribution in [-0.2, 0) is 0 Å². The van der Waals surface area contributed by atoms with Gasteiger partial charge < -0.3 is 0 Å². The Morgan fingerprint density at radius 3 is 2.52 bits per heavy atom. The summed E-state index contributed by atoms with van der Waals surface area (Å²) in [6, 6.07) is 17.6. The van der Waals surface area contributed by atoms with Crippen molar-refractivity contribution >= 4 is 29.0 Å². The standard InChI is InChI=1S/C18H14N4O/c1-12-16(14-9-5-6-10-15(14)20-12)18-17(21-19-11-22(18)23)13-7-3-2-4-8-13/h2-11,23H,1H3/b18-16+. The van der Waals surface area contributed by atoms with Gasteiger partial charge in [0.15, 0.2) is 0 Å². The summed E-state index contributed by atoms with van der Waals surface area (Å²) in [4.78, 5) is 4.59. The average molecular weight is 302 g/mol. The van der Waals surface area contributed by atoms with Gasteiger partial charge >= 0.3 is 0 Å². The van der Waals surface area contributed by atoms with Gasteiger partial charge in [-0.3, -0.25) is 10.2 Å². The van der Waals surface area contributed by atoms with Gasteiger partial charge in [0, 0.05) is 22.4 Å².